The highest BCUT2D eigenvalue weighted by atomic mass is 16.2. The molecule has 7 heteroatoms. The Morgan fingerprint density at radius 1 is 1.12 bits per heavy atom. The lowest BCUT2D eigenvalue weighted by Gasteiger charge is -2.29. The molecule has 1 aromatic carbocycles. The minimum Gasteiger partial charge on any atom is -0.337 e. The second-order valence-electron chi connectivity index (χ2n) is 6.72. The van der Waals surface area contributed by atoms with Crippen LogP contribution in [0.25, 0.3) is 5.69 Å². The second kappa shape index (κ2) is 6.66. The van der Waals surface area contributed by atoms with Gasteiger partial charge in [0, 0.05) is 20.1 Å². The van der Waals surface area contributed by atoms with Crippen LogP contribution in [0.5, 0.6) is 0 Å². The van der Waals surface area contributed by atoms with Crippen LogP contribution in [0.3, 0.4) is 0 Å². The lowest BCUT2D eigenvalue weighted by molar-refractivity contribution is 0.0685. The molecule has 1 amide bonds. The summed E-state index contributed by atoms with van der Waals surface area (Å²) in [7, 11) is 1.37. The fourth-order valence-electron chi connectivity index (χ4n) is 2.92. The third-order valence-electron chi connectivity index (χ3n) is 4.73. The average molecular weight is 342 g/mol. The number of aromatic nitrogens is 3. The summed E-state index contributed by atoms with van der Waals surface area (Å²) < 4.78 is 2.05. The fraction of sp³-hybridized carbons (Fsp3) is 0.444. The van der Waals surface area contributed by atoms with Gasteiger partial charge in [0.1, 0.15) is 0 Å². The van der Waals surface area contributed by atoms with Crippen LogP contribution >= 0.6 is 0 Å². The smallest absolute Gasteiger partial charge is 0.337 e. The molecule has 2 heterocycles. The molecule has 1 aliphatic heterocycles. The Bertz CT molecular complexity index is 903. The van der Waals surface area contributed by atoms with E-state index in [1.165, 1.54) is 7.05 Å². The van der Waals surface area contributed by atoms with Crippen molar-refractivity contribution in [2.24, 2.45) is 13.0 Å². The van der Waals surface area contributed by atoms with Crippen molar-refractivity contribution in [2.45, 2.75) is 26.7 Å². The second-order valence-corrected chi connectivity index (χ2v) is 6.72. The van der Waals surface area contributed by atoms with Gasteiger partial charge in [0.2, 0.25) is 5.69 Å². The molecule has 7 nitrogen and oxygen atoms in total. The molecule has 2 aromatic rings. The molecule has 1 aliphatic rings. The van der Waals surface area contributed by atoms with Crippen molar-refractivity contribution in [2.75, 3.05) is 13.1 Å². The Morgan fingerprint density at radius 3 is 2.32 bits per heavy atom. The summed E-state index contributed by atoms with van der Waals surface area (Å²) in [5.41, 5.74) is 0.125. The monoisotopic (exact) mass is 342 g/mol. The Hall–Kier alpha value is -2.70. The van der Waals surface area contributed by atoms with Gasteiger partial charge in [0.25, 0.3) is 11.5 Å². The molecule has 3 rings (SSSR count). The van der Waals surface area contributed by atoms with Gasteiger partial charge in [0.05, 0.1) is 5.69 Å². The van der Waals surface area contributed by atoms with E-state index in [1.807, 2.05) is 19.1 Å². The number of likely N-dealkylation sites (tertiary alicyclic amines) is 1. The lowest BCUT2D eigenvalue weighted by atomic mass is 9.99. The minimum atomic E-state index is -0.656. The van der Waals surface area contributed by atoms with Crippen LogP contribution in [0.4, 0.5) is 0 Å². The molecule has 0 bridgehead atoms. The Kier molecular flexibility index (Phi) is 4.57. The lowest BCUT2D eigenvalue weighted by Crippen LogP contribution is -2.47. The number of amides is 1. The Labute approximate surface area is 145 Å². The van der Waals surface area contributed by atoms with E-state index in [4.69, 9.17) is 0 Å². The van der Waals surface area contributed by atoms with Gasteiger partial charge in [-0.2, -0.15) is 9.78 Å². The summed E-state index contributed by atoms with van der Waals surface area (Å²) in [4.78, 5) is 39.2. The molecule has 25 heavy (non-hydrogen) atoms. The molecule has 0 atom stereocenters. The van der Waals surface area contributed by atoms with Crippen LogP contribution in [0.1, 0.15) is 35.8 Å². The summed E-state index contributed by atoms with van der Waals surface area (Å²) >= 11 is 0. The number of benzene rings is 1. The van der Waals surface area contributed by atoms with Crippen molar-refractivity contribution in [1.82, 2.24) is 19.2 Å². The molecule has 132 valence electrons. The van der Waals surface area contributed by atoms with Crippen LogP contribution in [0.2, 0.25) is 0 Å². The maximum absolute atomic E-state index is 12.8. The maximum atomic E-state index is 12.8. The van der Waals surface area contributed by atoms with Gasteiger partial charge in [-0.15, -0.1) is 0 Å². The summed E-state index contributed by atoms with van der Waals surface area (Å²) in [6.45, 7) is 5.30. The Morgan fingerprint density at radius 2 is 1.72 bits per heavy atom. The first kappa shape index (κ1) is 17.1. The number of nitrogens with zero attached hydrogens (tertiary/aromatic N) is 4. The third-order valence-corrected chi connectivity index (χ3v) is 4.73. The highest BCUT2D eigenvalue weighted by Gasteiger charge is 2.26. The quantitative estimate of drug-likeness (QED) is 0.819. The van der Waals surface area contributed by atoms with E-state index in [-0.39, 0.29) is 5.69 Å². The maximum Gasteiger partial charge on any atom is 0.351 e. The van der Waals surface area contributed by atoms with E-state index in [0.29, 0.717) is 24.7 Å². The number of hydrogen-bond acceptors (Lipinski definition) is 4. The number of carbonyl (C=O) groups is 1. The molecule has 0 radical (unpaired) electrons. The number of rotatable bonds is 2. The van der Waals surface area contributed by atoms with Crippen LogP contribution in [0.15, 0.2) is 33.9 Å². The van der Waals surface area contributed by atoms with Gasteiger partial charge in [-0.3, -0.25) is 14.2 Å². The highest BCUT2D eigenvalue weighted by Crippen LogP contribution is 2.17. The van der Waals surface area contributed by atoms with Crippen LogP contribution in [0, 0.1) is 12.8 Å². The van der Waals surface area contributed by atoms with Gasteiger partial charge < -0.3 is 4.90 Å². The molecule has 0 spiro atoms. The van der Waals surface area contributed by atoms with Crippen molar-refractivity contribution in [3.63, 3.8) is 0 Å². The molecule has 1 fully saturated rings. The topological polar surface area (TPSA) is 77.2 Å². The van der Waals surface area contributed by atoms with E-state index in [9.17, 15) is 14.4 Å². The van der Waals surface area contributed by atoms with Gasteiger partial charge in [-0.05, 0) is 37.8 Å². The van der Waals surface area contributed by atoms with Gasteiger partial charge in [0.15, 0.2) is 0 Å². The number of aryl methyl sites for hydroxylation is 1. The van der Waals surface area contributed by atoms with Crippen molar-refractivity contribution >= 4 is 5.91 Å². The molecular weight excluding hydrogens is 320 g/mol. The summed E-state index contributed by atoms with van der Waals surface area (Å²) in [5, 5.41) is 4.11. The van der Waals surface area contributed by atoms with Crippen molar-refractivity contribution < 1.29 is 4.79 Å². The average Bonchev–Trinajstić information content (AvgIpc) is 2.61. The normalized spacial score (nSPS) is 15.4. The number of piperidine rings is 1. The van der Waals surface area contributed by atoms with Gasteiger partial charge in [-0.25, -0.2) is 4.79 Å². The van der Waals surface area contributed by atoms with E-state index < -0.39 is 17.2 Å². The number of carbonyl (C=O) groups excluding carboxylic acids is 1. The fourth-order valence-corrected chi connectivity index (χ4v) is 2.92. The standard InChI is InChI=1S/C18H22N4O3/c1-12-4-6-14(7-5-12)22-18(25)20(3)16(23)15(19-22)17(24)21-10-8-13(2)9-11-21/h4-7,13H,8-11H2,1-3H3. The third kappa shape index (κ3) is 3.26. The molecule has 1 saturated heterocycles. The van der Waals surface area contributed by atoms with Crippen molar-refractivity contribution in [1.29, 1.82) is 0 Å². The van der Waals surface area contributed by atoms with Crippen LogP contribution < -0.4 is 11.2 Å². The predicted molar refractivity (Wildman–Crippen MR) is 94.1 cm³/mol. The molecular formula is C18H22N4O3. The predicted octanol–water partition coefficient (Wildman–Crippen LogP) is 1.11. The van der Waals surface area contributed by atoms with Gasteiger partial charge in [-0.1, -0.05) is 24.6 Å². The molecule has 0 saturated carbocycles. The zero-order valence-corrected chi connectivity index (χ0v) is 14.7. The van der Waals surface area contributed by atoms with Crippen molar-refractivity contribution in [3.8, 4) is 5.69 Å². The van der Waals surface area contributed by atoms with Crippen LogP contribution in [-0.2, 0) is 7.05 Å². The first-order valence-corrected chi connectivity index (χ1v) is 8.45. The van der Waals surface area contributed by atoms with Gasteiger partial charge >= 0.3 is 5.69 Å². The SMILES string of the molecule is Cc1ccc(-n2nc(C(=O)N3CCC(C)CC3)c(=O)n(C)c2=O)cc1. The summed E-state index contributed by atoms with van der Waals surface area (Å²) in [5.74, 6) is 0.162. The summed E-state index contributed by atoms with van der Waals surface area (Å²) in [6, 6.07) is 7.18. The zero-order valence-electron chi connectivity index (χ0n) is 14.7. The summed E-state index contributed by atoms with van der Waals surface area (Å²) in [6.07, 6.45) is 1.81. The first-order chi connectivity index (χ1) is 11.9. The molecule has 0 aliphatic carbocycles. The first-order valence-electron chi connectivity index (χ1n) is 8.45. The molecule has 1 aromatic heterocycles. The van der Waals surface area contributed by atoms with E-state index in [0.717, 1.165) is 27.7 Å². The van der Waals surface area contributed by atoms with E-state index in [2.05, 4.69) is 12.0 Å². The van der Waals surface area contributed by atoms with E-state index >= 15 is 0 Å². The van der Waals surface area contributed by atoms with Crippen LogP contribution in [-0.4, -0.2) is 38.2 Å². The minimum absolute atomic E-state index is 0.211. The largest absolute Gasteiger partial charge is 0.351 e. The van der Waals surface area contributed by atoms with E-state index in [1.54, 1.807) is 17.0 Å². The van der Waals surface area contributed by atoms with Crippen molar-refractivity contribution in [3.05, 3.63) is 56.4 Å². The zero-order chi connectivity index (χ0) is 18.1. The molecule has 0 unspecified atom stereocenters. The highest BCUT2D eigenvalue weighted by molar-refractivity contribution is 5.91. The number of hydrogen-bond donors (Lipinski definition) is 0. The molecule has 0 N–H and O–H groups in total. The Balaban J connectivity index is 2.05.